The first-order valence-corrected chi connectivity index (χ1v) is 7.82. The minimum absolute atomic E-state index is 0.0479. The second-order valence-electron chi connectivity index (χ2n) is 5.82. The van der Waals surface area contributed by atoms with Crippen LogP contribution in [-0.4, -0.2) is 47.2 Å². The Morgan fingerprint density at radius 1 is 1.00 bits per heavy atom. The molecule has 0 radical (unpaired) electrons. The van der Waals surface area contributed by atoms with E-state index in [1.807, 2.05) is 4.90 Å². The van der Waals surface area contributed by atoms with E-state index >= 15 is 0 Å². The third kappa shape index (κ3) is 3.42. The first kappa shape index (κ1) is 16.1. The Morgan fingerprint density at radius 3 is 2.38 bits per heavy atom. The predicted octanol–water partition coefficient (Wildman–Crippen LogP) is 2.13. The van der Waals surface area contributed by atoms with Gasteiger partial charge in [0, 0.05) is 26.2 Å². The van der Waals surface area contributed by atoms with Crippen molar-refractivity contribution >= 4 is 11.6 Å². The molecule has 2 aromatic rings. The van der Waals surface area contributed by atoms with Gasteiger partial charge in [-0.25, -0.2) is 4.39 Å². The number of amides is 1. The zero-order chi connectivity index (χ0) is 17.1. The molecule has 0 bridgehead atoms. The van der Waals surface area contributed by atoms with Gasteiger partial charge in [-0.2, -0.15) is 0 Å². The summed E-state index contributed by atoms with van der Waals surface area (Å²) in [5, 5.41) is 18.8. The Hall–Kier alpha value is -2.76. The summed E-state index contributed by atoms with van der Waals surface area (Å²) in [6, 6.07) is 11.0. The van der Waals surface area contributed by atoms with Gasteiger partial charge in [-0.15, -0.1) is 0 Å². The van der Waals surface area contributed by atoms with E-state index in [1.54, 1.807) is 29.2 Å². The van der Waals surface area contributed by atoms with E-state index in [9.17, 15) is 19.4 Å². The summed E-state index contributed by atoms with van der Waals surface area (Å²) in [5.41, 5.74) is 1.21. The molecular weight excluding hydrogens is 311 g/mol. The average molecular weight is 330 g/mol. The molecule has 24 heavy (non-hydrogen) atoms. The zero-order valence-electron chi connectivity index (χ0n) is 13.2. The molecule has 1 fully saturated rings. The molecular formula is C18H19FN2O3. The van der Waals surface area contributed by atoms with Crippen LogP contribution in [-0.2, 0) is 11.2 Å². The number of para-hydroxylation sites is 1. The second kappa shape index (κ2) is 6.78. The van der Waals surface area contributed by atoms with Crippen LogP contribution >= 0.6 is 0 Å². The molecule has 0 spiro atoms. The highest BCUT2D eigenvalue weighted by molar-refractivity contribution is 5.79. The Kier molecular flexibility index (Phi) is 4.55. The van der Waals surface area contributed by atoms with Crippen LogP contribution in [0, 0.1) is 5.82 Å². The molecule has 0 atom stereocenters. The number of hydrogen-bond donors (Lipinski definition) is 2. The minimum atomic E-state index is -0.253. The van der Waals surface area contributed by atoms with E-state index in [2.05, 4.69) is 0 Å². The average Bonchev–Trinajstić information content (AvgIpc) is 2.59. The van der Waals surface area contributed by atoms with E-state index in [4.69, 9.17) is 0 Å². The topological polar surface area (TPSA) is 64.0 Å². The van der Waals surface area contributed by atoms with Crippen molar-refractivity contribution in [3.63, 3.8) is 0 Å². The van der Waals surface area contributed by atoms with Crippen molar-refractivity contribution in [3.8, 4) is 11.5 Å². The van der Waals surface area contributed by atoms with Gasteiger partial charge in [0.25, 0.3) is 0 Å². The zero-order valence-corrected chi connectivity index (χ0v) is 13.2. The van der Waals surface area contributed by atoms with Gasteiger partial charge in [-0.3, -0.25) is 4.79 Å². The fourth-order valence-electron chi connectivity index (χ4n) is 2.87. The highest BCUT2D eigenvalue weighted by atomic mass is 19.1. The van der Waals surface area contributed by atoms with Gasteiger partial charge in [-0.05, 0) is 29.8 Å². The Bertz CT molecular complexity index is 743. The van der Waals surface area contributed by atoms with Crippen LogP contribution in [0.5, 0.6) is 11.5 Å². The van der Waals surface area contributed by atoms with Gasteiger partial charge >= 0.3 is 0 Å². The highest BCUT2D eigenvalue weighted by Crippen LogP contribution is 2.25. The van der Waals surface area contributed by atoms with E-state index in [1.165, 1.54) is 18.2 Å². The highest BCUT2D eigenvalue weighted by Gasteiger charge is 2.22. The molecule has 126 valence electrons. The van der Waals surface area contributed by atoms with Crippen molar-refractivity contribution in [2.75, 3.05) is 31.1 Å². The van der Waals surface area contributed by atoms with Crippen LogP contribution in [0.1, 0.15) is 5.56 Å². The molecule has 0 aromatic heterocycles. The lowest BCUT2D eigenvalue weighted by Gasteiger charge is -2.36. The predicted molar refractivity (Wildman–Crippen MR) is 88.7 cm³/mol. The molecule has 1 aliphatic rings. The van der Waals surface area contributed by atoms with E-state index in [0.29, 0.717) is 37.4 Å². The van der Waals surface area contributed by atoms with Crippen LogP contribution in [0.15, 0.2) is 42.5 Å². The lowest BCUT2D eigenvalue weighted by Crippen LogP contribution is -2.49. The maximum absolute atomic E-state index is 13.8. The summed E-state index contributed by atoms with van der Waals surface area (Å²) in [5.74, 6) is -0.737. The number of nitrogens with zero attached hydrogens (tertiary/aromatic N) is 2. The molecule has 3 rings (SSSR count). The quantitative estimate of drug-likeness (QED) is 0.846. The molecule has 0 aliphatic carbocycles. The van der Waals surface area contributed by atoms with Crippen LogP contribution in [0.4, 0.5) is 10.1 Å². The summed E-state index contributed by atoms with van der Waals surface area (Å²) >= 11 is 0. The number of phenolic OH excluding ortho intramolecular Hbond substituents is 2. The summed E-state index contributed by atoms with van der Waals surface area (Å²) < 4.78 is 13.8. The minimum Gasteiger partial charge on any atom is -0.504 e. The molecule has 0 unspecified atom stereocenters. The van der Waals surface area contributed by atoms with E-state index in [0.717, 1.165) is 0 Å². The van der Waals surface area contributed by atoms with Crippen molar-refractivity contribution in [1.29, 1.82) is 0 Å². The molecule has 1 heterocycles. The molecule has 0 saturated carbocycles. The van der Waals surface area contributed by atoms with Gasteiger partial charge in [-0.1, -0.05) is 18.2 Å². The Labute approximate surface area is 139 Å². The van der Waals surface area contributed by atoms with Crippen molar-refractivity contribution in [2.45, 2.75) is 6.42 Å². The summed E-state index contributed by atoms with van der Waals surface area (Å²) in [4.78, 5) is 16.0. The normalized spacial score (nSPS) is 14.7. The number of aromatic hydroxyl groups is 2. The number of anilines is 1. The summed E-state index contributed by atoms with van der Waals surface area (Å²) in [7, 11) is 0. The third-order valence-corrected chi connectivity index (χ3v) is 4.22. The fraction of sp³-hybridized carbons (Fsp3) is 0.278. The Balaban J connectivity index is 1.59. The van der Waals surface area contributed by atoms with E-state index in [-0.39, 0.29) is 29.6 Å². The van der Waals surface area contributed by atoms with Gasteiger partial charge in [0.05, 0.1) is 12.1 Å². The number of carbonyl (C=O) groups is 1. The lowest BCUT2D eigenvalue weighted by atomic mass is 10.1. The molecule has 1 amide bonds. The number of benzene rings is 2. The van der Waals surface area contributed by atoms with E-state index < -0.39 is 0 Å². The van der Waals surface area contributed by atoms with Gasteiger partial charge in [0.1, 0.15) is 5.82 Å². The van der Waals surface area contributed by atoms with Crippen LogP contribution in [0.3, 0.4) is 0 Å². The molecule has 5 nitrogen and oxygen atoms in total. The first-order valence-electron chi connectivity index (χ1n) is 7.82. The van der Waals surface area contributed by atoms with Gasteiger partial charge in [0.15, 0.2) is 11.5 Å². The third-order valence-electron chi connectivity index (χ3n) is 4.22. The Morgan fingerprint density at radius 2 is 1.71 bits per heavy atom. The molecule has 2 aromatic carbocycles. The standard InChI is InChI=1S/C18H19FN2O3/c19-14-3-1-2-4-15(14)20-7-9-21(10-8-20)18(24)12-13-5-6-16(22)17(23)11-13/h1-6,11,22-23H,7-10,12H2. The van der Waals surface area contributed by atoms with Gasteiger partial charge in [0.2, 0.25) is 5.91 Å². The maximum Gasteiger partial charge on any atom is 0.227 e. The lowest BCUT2D eigenvalue weighted by molar-refractivity contribution is -0.130. The van der Waals surface area contributed by atoms with Crippen LogP contribution in [0.25, 0.3) is 0 Å². The molecule has 1 saturated heterocycles. The maximum atomic E-state index is 13.8. The first-order chi connectivity index (χ1) is 11.5. The van der Waals surface area contributed by atoms with Crippen molar-refractivity contribution < 1.29 is 19.4 Å². The fourth-order valence-corrected chi connectivity index (χ4v) is 2.87. The molecule has 1 aliphatic heterocycles. The summed E-state index contributed by atoms with van der Waals surface area (Å²) in [6.07, 6.45) is 0.160. The monoisotopic (exact) mass is 330 g/mol. The number of halogens is 1. The molecule has 6 heteroatoms. The number of phenols is 2. The second-order valence-corrected chi connectivity index (χ2v) is 5.82. The SMILES string of the molecule is O=C(Cc1ccc(O)c(O)c1)N1CCN(c2ccccc2F)CC1. The van der Waals surface area contributed by atoms with Crippen molar-refractivity contribution in [1.82, 2.24) is 4.90 Å². The van der Waals surface area contributed by atoms with Gasteiger partial charge < -0.3 is 20.0 Å². The van der Waals surface area contributed by atoms with Crippen LogP contribution in [0.2, 0.25) is 0 Å². The number of carbonyl (C=O) groups excluding carboxylic acids is 1. The molecule has 2 N–H and O–H groups in total. The summed E-state index contributed by atoms with van der Waals surface area (Å²) in [6.45, 7) is 2.20. The van der Waals surface area contributed by atoms with Crippen molar-refractivity contribution in [3.05, 3.63) is 53.8 Å². The number of hydrogen-bond acceptors (Lipinski definition) is 4. The van der Waals surface area contributed by atoms with Crippen LogP contribution < -0.4 is 4.90 Å². The number of piperazine rings is 1. The largest absolute Gasteiger partial charge is 0.504 e. The van der Waals surface area contributed by atoms with Crippen molar-refractivity contribution in [2.24, 2.45) is 0 Å². The number of rotatable bonds is 3. The smallest absolute Gasteiger partial charge is 0.227 e.